The standard InChI is InChI=1S/C15H24N2O2/c1-9(2)13(14(18)19)16-17-15-6-10-3-11(7-15)5-12(4-10)8-15/h9-12,17H,3-8H2,1-2H3,(H,18,19)/b16-13+. The van der Waals surface area contributed by atoms with Crippen LogP contribution in [0.2, 0.25) is 0 Å². The minimum Gasteiger partial charge on any atom is -0.477 e. The largest absolute Gasteiger partial charge is 0.477 e. The Morgan fingerprint density at radius 3 is 2.00 bits per heavy atom. The minimum atomic E-state index is -0.896. The average molecular weight is 264 g/mol. The Labute approximate surface area is 114 Å². The summed E-state index contributed by atoms with van der Waals surface area (Å²) in [7, 11) is 0. The molecule has 4 aliphatic carbocycles. The van der Waals surface area contributed by atoms with Gasteiger partial charge in [0.25, 0.3) is 0 Å². The number of rotatable bonds is 4. The molecule has 106 valence electrons. The van der Waals surface area contributed by atoms with E-state index in [0.717, 1.165) is 17.8 Å². The number of hydrazone groups is 1. The number of carboxylic acids is 1. The summed E-state index contributed by atoms with van der Waals surface area (Å²) in [5.74, 6) is 1.61. The van der Waals surface area contributed by atoms with Crippen LogP contribution in [-0.2, 0) is 4.79 Å². The van der Waals surface area contributed by atoms with Gasteiger partial charge in [-0.3, -0.25) is 0 Å². The van der Waals surface area contributed by atoms with Gasteiger partial charge in [0, 0.05) is 5.92 Å². The third kappa shape index (κ3) is 2.37. The molecule has 0 aromatic heterocycles. The molecular formula is C15H24N2O2. The monoisotopic (exact) mass is 264 g/mol. The highest BCUT2D eigenvalue weighted by atomic mass is 16.4. The normalized spacial score (nSPS) is 40.8. The number of carbonyl (C=O) groups is 1. The van der Waals surface area contributed by atoms with Crippen LogP contribution in [0, 0.1) is 23.7 Å². The van der Waals surface area contributed by atoms with Gasteiger partial charge < -0.3 is 10.5 Å². The third-order valence-corrected chi connectivity index (χ3v) is 5.22. The smallest absolute Gasteiger partial charge is 0.352 e. The molecule has 0 saturated heterocycles. The van der Waals surface area contributed by atoms with Crippen molar-refractivity contribution in [3.63, 3.8) is 0 Å². The second-order valence-corrected chi connectivity index (χ2v) is 7.27. The van der Waals surface area contributed by atoms with Gasteiger partial charge in [-0.05, 0) is 56.3 Å². The molecule has 4 saturated carbocycles. The molecule has 0 atom stereocenters. The van der Waals surface area contributed by atoms with Gasteiger partial charge in [-0.25, -0.2) is 4.79 Å². The number of hydrogen-bond donors (Lipinski definition) is 2. The van der Waals surface area contributed by atoms with E-state index < -0.39 is 5.97 Å². The van der Waals surface area contributed by atoms with E-state index in [1.54, 1.807) is 0 Å². The number of nitrogens with zero attached hydrogens (tertiary/aromatic N) is 1. The summed E-state index contributed by atoms with van der Waals surface area (Å²) in [6, 6.07) is 0. The molecule has 4 aliphatic rings. The minimum absolute atomic E-state index is 0.0427. The Balaban J connectivity index is 1.76. The van der Waals surface area contributed by atoms with Crippen molar-refractivity contribution in [1.82, 2.24) is 5.43 Å². The predicted octanol–water partition coefficient (Wildman–Crippen LogP) is 2.64. The van der Waals surface area contributed by atoms with Crippen LogP contribution in [0.25, 0.3) is 0 Å². The molecule has 0 amide bonds. The van der Waals surface area contributed by atoms with Crippen molar-refractivity contribution in [2.45, 2.75) is 57.9 Å². The first-order valence-corrected chi connectivity index (χ1v) is 7.55. The predicted molar refractivity (Wildman–Crippen MR) is 73.9 cm³/mol. The van der Waals surface area contributed by atoms with E-state index >= 15 is 0 Å². The van der Waals surface area contributed by atoms with Gasteiger partial charge >= 0.3 is 5.97 Å². The molecule has 0 aromatic rings. The van der Waals surface area contributed by atoms with Crippen LogP contribution in [0.3, 0.4) is 0 Å². The van der Waals surface area contributed by atoms with E-state index in [0.29, 0.717) is 0 Å². The molecule has 0 heterocycles. The Bertz CT molecular complexity index is 379. The van der Waals surface area contributed by atoms with Gasteiger partial charge in [0.05, 0.1) is 5.54 Å². The molecule has 4 heteroatoms. The molecule has 2 N–H and O–H groups in total. The molecule has 0 unspecified atom stereocenters. The SMILES string of the molecule is CC(C)/C(=N\NC12CC3CC(CC(C3)C1)C2)C(=O)O. The quantitative estimate of drug-likeness (QED) is 0.606. The number of aliphatic carboxylic acids is 1. The van der Waals surface area contributed by atoms with E-state index in [4.69, 9.17) is 0 Å². The fourth-order valence-corrected chi connectivity index (χ4v) is 4.85. The molecular weight excluding hydrogens is 240 g/mol. The molecule has 0 aliphatic heterocycles. The van der Waals surface area contributed by atoms with Crippen LogP contribution in [0.15, 0.2) is 5.10 Å². The maximum Gasteiger partial charge on any atom is 0.352 e. The Morgan fingerprint density at radius 2 is 1.63 bits per heavy atom. The summed E-state index contributed by atoms with van der Waals surface area (Å²) in [5.41, 5.74) is 3.66. The first-order chi connectivity index (χ1) is 8.97. The van der Waals surface area contributed by atoms with E-state index in [1.165, 1.54) is 38.5 Å². The zero-order valence-electron chi connectivity index (χ0n) is 11.9. The summed E-state index contributed by atoms with van der Waals surface area (Å²) in [5, 5.41) is 13.5. The highest BCUT2D eigenvalue weighted by Gasteiger charge is 2.51. The van der Waals surface area contributed by atoms with Crippen LogP contribution in [0.5, 0.6) is 0 Å². The molecule has 4 rings (SSSR count). The van der Waals surface area contributed by atoms with E-state index in [1.807, 2.05) is 13.8 Å². The van der Waals surface area contributed by atoms with Gasteiger partial charge in [0.15, 0.2) is 0 Å². The van der Waals surface area contributed by atoms with Crippen LogP contribution in [-0.4, -0.2) is 22.3 Å². The van der Waals surface area contributed by atoms with Crippen LogP contribution >= 0.6 is 0 Å². The van der Waals surface area contributed by atoms with Crippen molar-refractivity contribution in [2.24, 2.45) is 28.8 Å². The third-order valence-electron chi connectivity index (χ3n) is 5.22. The van der Waals surface area contributed by atoms with E-state index in [9.17, 15) is 9.90 Å². The van der Waals surface area contributed by atoms with Crippen molar-refractivity contribution >= 4 is 11.7 Å². The number of carboxylic acid groups (broad SMARTS) is 1. The average Bonchev–Trinajstić information content (AvgIpc) is 2.25. The topological polar surface area (TPSA) is 61.7 Å². The highest BCUT2D eigenvalue weighted by molar-refractivity contribution is 6.36. The van der Waals surface area contributed by atoms with Gasteiger partial charge in [0.2, 0.25) is 0 Å². The van der Waals surface area contributed by atoms with Crippen molar-refractivity contribution in [2.75, 3.05) is 0 Å². The summed E-state index contributed by atoms with van der Waals surface area (Å²) in [4.78, 5) is 11.2. The van der Waals surface area contributed by atoms with Gasteiger partial charge in [-0.2, -0.15) is 5.10 Å². The van der Waals surface area contributed by atoms with Gasteiger partial charge in [-0.1, -0.05) is 13.8 Å². The lowest BCUT2D eigenvalue weighted by atomic mass is 9.53. The fourth-order valence-electron chi connectivity index (χ4n) is 4.85. The fraction of sp³-hybridized carbons (Fsp3) is 0.867. The Morgan fingerprint density at radius 1 is 1.16 bits per heavy atom. The molecule has 19 heavy (non-hydrogen) atoms. The molecule has 4 fully saturated rings. The van der Waals surface area contributed by atoms with Crippen molar-refractivity contribution < 1.29 is 9.90 Å². The lowest BCUT2D eigenvalue weighted by Gasteiger charge is -2.56. The zero-order valence-corrected chi connectivity index (χ0v) is 11.9. The molecule has 0 radical (unpaired) electrons. The maximum absolute atomic E-state index is 11.2. The van der Waals surface area contributed by atoms with E-state index in [-0.39, 0.29) is 17.2 Å². The number of nitrogens with one attached hydrogen (secondary N) is 1. The van der Waals surface area contributed by atoms with Gasteiger partial charge in [0.1, 0.15) is 5.71 Å². The summed E-state index contributed by atoms with van der Waals surface area (Å²) < 4.78 is 0. The van der Waals surface area contributed by atoms with Crippen LogP contribution in [0.1, 0.15) is 52.4 Å². The van der Waals surface area contributed by atoms with Crippen molar-refractivity contribution in [1.29, 1.82) is 0 Å². The Hall–Kier alpha value is -1.06. The molecule has 4 bridgehead atoms. The summed E-state index contributed by atoms with van der Waals surface area (Å²) in [6.45, 7) is 3.77. The zero-order chi connectivity index (χ0) is 13.6. The molecule has 0 spiro atoms. The number of hydrogen-bond acceptors (Lipinski definition) is 3. The first-order valence-electron chi connectivity index (χ1n) is 7.55. The first kappa shape index (κ1) is 12.9. The second-order valence-electron chi connectivity index (χ2n) is 7.27. The van der Waals surface area contributed by atoms with Crippen LogP contribution < -0.4 is 5.43 Å². The van der Waals surface area contributed by atoms with E-state index in [2.05, 4.69) is 10.5 Å². The van der Waals surface area contributed by atoms with Crippen molar-refractivity contribution in [3.8, 4) is 0 Å². The van der Waals surface area contributed by atoms with Crippen molar-refractivity contribution in [3.05, 3.63) is 0 Å². The maximum atomic E-state index is 11.2. The highest BCUT2D eigenvalue weighted by Crippen LogP contribution is 2.55. The van der Waals surface area contributed by atoms with Gasteiger partial charge in [-0.15, -0.1) is 0 Å². The van der Waals surface area contributed by atoms with Crippen LogP contribution in [0.4, 0.5) is 0 Å². The molecule has 0 aromatic carbocycles. The summed E-state index contributed by atoms with van der Waals surface area (Å²) in [6.07, 6.45) is 7.73. The second kappa shape index (κ2) is 4.50. The lowest BCUT2D eigenvalue weighted by molar-refractivity contribution is -0.129. The summed E-state index contributed by atoms with van der Waals surface area (Å²) >= 11 is 0. The Kier molecular flexibility index (Phi) is 3.06. The lowest BCUT2D eigenvalue weighted by Crippen LogP contribution is -2.57. The molecule has 4 nitrogen and oxygen atoms in total.